The summed E-state index contributed by atoms with van der Waals surface area (Å²) in [6.07, 6.45) is -0.607. The van der Waals surface area contributed by atoms with E-state index in [9.17, 15) is 9.59 Å². The van der Waals surface area contributed by atoms with Crippen LogP contribution in [0.5, 0.6) is 11.5 Å². The molecule has 2 aromatic carbocycles. The normalized spacial score (nSPS) is 15.7. The van der Waals surface area contributed by atoms with Crippen LogP contribution in [0.4, 0.5) is 5.69 Å². The summed E-state index contributed by atoms with van der Waals surface area (Å²) in [5, 5.41) is 0. The van der Waals surface area contributed by atoms with E-state index in [2.05, 4.69) is 0 Å². The van der Waals surface area contributed by atoms with Gasteiger partial charge in [-0.1, -0.05) is 24.3 Å². The van der Waals surface area contributed by atoms with E-state index in [0.29, 0.717) is 24.6 Å². The van der Waals surface area contributed by atoms with Gasteiger partial charge in [-0.2, -0.15) is 0 Å². The summed E-state index contributed by atoms with van der Waals surface area (Å²) >= 11 is 0. The number of amides is 2. The van der Waals surface area contributed by atoms with Crippen LogP contribution in [0, 0.1) is 0 Å². The lowest BCUT2D eigenvalue weighted by atomic mass is 10.1. The lowest BCUT2D eigenvalue weighted by Gasteiger charge is -2.33. The lowest BCUT2D eigenvalue weighted by molar-refractivity contribution is -0.132. The topological polar surface area (TPSA) is 59.1 Å². The van der Waals surface area contributed by atoms with Crippen molar-refractivity contribution in [2.24, 2.45) is 0 Å². The highest BCUT2D eigenvalue weighted by Crippen LogP contribution is 2.33. The quantitative estimate of drug-likeness (QED) is 0.787. The summed E-state index contributed by atoms with van der Waals surface area (Å²) < 4.78 is 11.0. The maximum absolute atomic E-state index is 12.7. The number of ether oxygens (including phenoxy) is 2. The molecule has 142 valence electrons. The molecule has 0 aliphatic carbocycles. The van der Waals surface area contributed by atoms with Gasteiger partial charge in [0, 0.05) is 13.6 Å². The van der Waals surface area contributed by atoms with Crippen molar-refractivity contribution in [2.75, 3.05) is 25.1 Å². The molecule has 0 radical (unpaired) electrons. The third kappa shape index (κ3) is 4.22. The summed E-state index contributed by atoms with van der Waals surface area (Å²) in [5.41, 5.74) is 1.62. The van der Waals surface area contributed by atoms with Crippen molar-refractivity contribution in [2.45, 2.75) is 26.5 Å². The average Bonchev–Trinajstić information content (AvgIpc) is 2.67. The smallest absolute Gasteiger partial charge is 0.268 e. The molecule has 1 heterocycles. The van der Waals surface area contributed by atoms with Crippen LogP contribution in [-0.4, -0.2) is 43.0 Å². The van der Waals surface area contributed by atoms with Crippen LogP contribution >= 0.6 is 0 Å². The highest BCUT2D eigenvalue weighted by atomic mass is 16.5. The number of likely N-dealkylation sites (N-methyl/N-ethyl adjacent to an activating group) is 1. The van der Waals surface area contributed by atoms with Gasteiger partial charge in [0.15, 0.2) is 6.10 Å². The highest BCUT2D eigenvalue weighted by molar-refractivity contribution is 6.03. The fourth-order valence-electron chi connectivity index (χ4n) is 3.00. The Kier molecular flexibility index (Phi) is 5.64. The van der Waals surface area contributed by atoms with Crippen LogP contribution in [-0.2, 0) is 16.1 Å². The first kappa shape index (κ1) is 18.8. The van der Waals surface area contributed by atoms with Crippen molar-refractivity contribution in [1.29, 1.82) is 0 Å². The van der Waals surface area contributed by atoms with E-state index in [1.54, 1.807) is 31.0 Å². The molecule has 1 aliphatic heterocycles. The third-order valence-corrected chi connectivity index (χ3v) is 4.45. The van der Waals surface area contributed by atoms with E-state index in [1.807, 2.05) is 43.3 Å². The Balaban J connectivity index is 1.68. The van der Waals surface area contributed by atoms with Gasteiger partial charge >= 0.3 is 0 Å². The summed E-state index contributed by atoms with van der Waals surface area (Å²) in [5.74, 6) is 1.07. The number of carbonyl (C=O) groups excluding carboxylic acids is 2. The number of nitrogens with zero attached hydrogens (tertiary/aromatic N) is 2. The molecule has 6 heteroatoms. The molecule has 1 unspecified atom stereocenters. The van der Waals surface area contributed by atoms with E-state index in [1.165, 1.54) is 4.90 Å². The molecule has 2 amide bonds. The summed E-state index contributed by atoms with van der Waals surface area (Å²) in [6, 6.07) is 14.9. The first-order valence-electron chi connectivity index (χ1n) is 9.02. The molecule has 0 saturated carbocycles. The van der Waals surface area contributed by atoms with Crippen molar-refractivity contribution < 1.29 is 19.1 Å². The number of fused-ring (bicyclic) bond motifs is 1. The predicted octanol–water partition coefficient (Wildman–Crippen LogP) is 2.86. The Morgan fingerprint density at radius 1 is 1.19 bits per heavy atom. The number of para-hydroxylation sites is 2. The molecule has 1 aliphatic rings. The van der Waals surface area contributed by atoms with Gasteiger partial charge in [-0.15, -0.1) is 0 Å². The number of rotatable bonds is 6. The van der Waals surface area contributed by atoms with Crippen LogP contribution in [0.2, 0.25) is 0 Å². The van der Waals surface area contributed by atoms with E-state index in [-0.39, 0.29) is 18.4 Å². The van der Waals surface area contributed by atoms with Crippen molar-refractivity contribution in [3.8, 4) is 11.5 Å². The maximum Gasteiger partial charge on any atom is 0.268 e. The molecule has 27 heavy (non-hydrogen) atoms. The number of hydrogen-bond acceptors (Lipinski definition) is 4. The van der Waals surface area contributed by atoms with Gasteiger partial charge in [-0.3, -0.25) is 14.5 Å². The summed E-state index contributed by atoms with van der Waals surface area (Å²) in [7, 11) is 1.74. The molecule has 0 bridgehead atoms. The SMILES string of the molecule is CCOc1ccc(CN(C)C(=O)CN2C(=O)C(C)Oc3ccccc32)cc1. The van der Waals surface area contributed by atoms with Crippen LogP contribution in [0.25, 0.3) is 0 Å². The second-order valence-electron chi connectivity index (χ2n) is 6.48. The first-order chi connectivity index (χ1) is 13.0. The highest BCUT2D eigenvalue weighted by Gasteiger charge is 2.33. The Bertz CT molecular complexity index is 819. The average molecular weight is 368 g/mol. The molecule has 2 aromatic rings. The van der Waals surface area contributed by atoms with Crippen molar-refractivity contribution in [3.05, 3.63) is 54.1 Å². The fraction of sp³-hybridized carbons (Fsp3) is 0.333. The molecule has 0 saturated heterocycles. The Hall–Kier alpha value is -3.02. The molecule has 0 aromatic heterocycles. The second-order valence-corrected chi connectivity index (χ2v) is 6.48. The van der Waals surface area contributed by atoms with Crippen LogP contribution in [0.15, 0.2) is 48.5 Å². The van der Waals surface area contributed by atoms with E-state index < -0.39 is 6.10 Å². The minimum Gasteiger partial charge on any atom is -0.494 e. The van der Waals surface area contributed by atoms with Crippen molar-refractivity contribution in [3.63, 3.8) is 0 Å². The summed E-state index contributed by atoms with van der Waals surface area (Å²) in [4.78, 5) is 28.4. The Morgan fingerprint density at radius 3 is 2.59 bits per heavy atom. The molecule has 3 rings (SSSR count). The van der Waals surface area contributed by atoms with Gasteiger partial charge in [-0.05, 0) is 43.7 Å². The van der Waals surface area contributed by atoms with Gasteiger partial charge in [0.2, 0.25) is 5.91 Å². The molecule has 0 fully saturated rings. The number of benzene rings is 2. The van der Waals surface area contributed by atoms with Crippen LogP contribution in [0.3, 0.4) is 0 Å². The summed E-state index contributed by atoms with van der Waals surface area (Å²) in [6.45, 7) is 4.69. The Morgan fingerprint density at radius 2 is 1.89 bits per heavy atom. The lowest BCUT2D eigenvalue weighted by Crippen LogP contribution is -2.48. The molecular formula is C21H24N2O4. The minimum absolute atomic E-state index is 0.0168. The Labute approximate surface area is 159 Å². The maximum atomic E-state index is 12.7. The van der Waals surface area contributed by atoms with E-state index in [0.717, 1.165) is 11.3 Å². The largest absolute Gasteiger partial charge is 0.494 e. The van der Waals surface area contributed by atoms with Gasteiger partial charge in [0.1, 0.15) is 18.0 Å². The molecule has 1 atom stereocenters. The van der Waals surface area contributed by atoms with Crippen molar-refractivity contribution in [1.82, 2.24) is 4.90 Å². The van der Waals surface area contributed by atoms with E-state index >= 15 is 0 Å². The zero-order valence-corrected chi connectivity index (χ0v) is 15.8. The second kappa shape index (κ2) is 8.12. The predicted molar refractivity (Wildman–Crippen MR) is 103 cm³/mol. The fourth-order valence-corrected chi connectivity index (χ4v) is 3.00. The minimum atomic E-state index is -0.607. The molecular weight excluding hydrogens is 344 g/mol. The molecule has 0 spiro atoms. The van der Waals surface area contributed by atoms with Gasteiger partial charge in [0.25, 0.3) is 5.91 Å². The zero-order chi connectivity index (χ0) is 19.4. The van der Waals surface area contributed by atoms with Crippen LogP contribution in [0.1, 0.15) is 19.4 Å². The number of anilines is 1. The third-order valence-electron chi connectivity index (χ3n) is 4.45. The van der Waals surface area contributed by atoms with Gasteiger partial charge in [-0.25, -0.2) is 0 Å². The molecule has 6 nitrogen and oxygen atoms in total. The monoisotopic (exact) mass is 368 g/mol. The van der Waals surface area contributed by atoms with Crippen LogP contribution < -0.4 is 14.4 Å². The standard InChI is InChI=1S/C21H24N2O4/c1-4-26-17-11-9-16(10-12-17)13-22(3)20(24)14-23-18-7-5-6-8-19(18)27-15(2)21(23)25/h5-12,15H,4,13-14H2,1-3H3. The van der Waals surface area contributed by atoms with E-state index in [4.69, 9.17) is 9.47 Å². The number of hydrogen-bond donors (Lipinski definition) is 0. The number of carbonyl (C=O) groups is 2. The van der Waals surface area contributed by atoms with Gasteiger partial charge < -0.3 is 14.4 Å². The molecule has 0 N–H and O–H groups in total. The zero-order valence-electron chi connectivity index (χ0n) is 15.8. The van der Waals surface area contributed by atoms with Crippen molar-refractivity contribution >= 4 is 17.5 Å². The van der Waals surface area contributed by atoms with Gasteiger partial charge in [0.05, 0.1) is 12.3 Å². The first-order valence-corrected chi connectivity index (χ1v) is 9.02.